The zero-order valence-electron chi connectivity index (χ0n) is 12.9. The number of hydrogen-bond acceptors (Lipinski definition) is 3. The number of aliphatic hydroxyl groups excluding tert-OH is 1. The number of halogens is 1. The van der Waals surface area contributed by atoms with E-state index in [0.717, 1.165) is 36.6 Å². The number of urea groups is 1. The van der Waals surface area contributed by atoms with Gasteiger partial charge in [0.25, 0.3) is 0 Å². The van der Waals surface area contributed by atoms with Crippen LogP contribution in [-0.4, -0.2) is 42.9 Å². The first-order chi connectivity index (χ1) is 10.6. The van der Waals surface area contributed by atoms with Gasteiger partial charge in [-0.2, -0.15) is 0 Å². The highest BCUT2D eigenvalue weighted by Gasteiger charge is 2.24. The summed E-state index contributed by atoms with van der Waals surface area (Å²) in [6.07, 6.45) is 2.05. The summed E-state index contributed by atoms with van der Waals surface area (Å²) in [5, 5.41) is 16.0. The number of hydrogen-bond donors (Lipinski definition) is 3. The molecule has 0 spiro atoms. The number of carbonyl (C=O) groups excluding carboxylic acids is 1. The fourth-order valence-electron chi connectivity index (χ4n) is 2.65. The fraction of sp³-hybridized carbons (Fsp3) is 0.562. The number of nitrogens with zero attached hydrogens (tertiary/aromatic N) is 1. The van der Waals surface area contributed by atoms with E-state index in [9.17, 15) is 9.90 Å². The molecule has 22 heavy (non-hydrogen) atoms. The predicted octanol–water partition coefficient (Wildman–Crippen LogP) is 2.38. The van der Waals surface area contributed by atoms with Crippen LogP contribution < -0.4 is 15.5 Å². The molecule has 0 saturated carbocycles. The van der Waals surface area contributed by atoms with Crippen LogP contribution in [0.25, 0.3) is 0 Å². The van der Waals surface area contributed by atoms with Crippen molar-refractivity contribution in [3.8, 4) is 0 Å². The number of carbonyl (C=O) groups is 1. The molecule has 1 saturated heterocycles. The van der Waals surface area contributed by atoms with Crippen molar-refractivity contribution in [2.24, 2.45) is 0 Å². The van der Waals surface area contributed by atoms with Gasteiger partial charge in [0.2, 0.25) is 0 Å². The molecule has 5 nitrogen and oxygen atoms in total. The van der Waals surface area contributed by atoms with Gasteiger partial charge >= 0.3 is 6.03 Å². The molecule has 1 heterocycles. The lowest BCUT2D eigenvalue weighted by Crippen LogP contribution is -2.45. The van der Waals surface area contributed by atoms with Gasteiger partial charge in [-0.05, 0) is 37.1 Å². The van der Waals surface area contributed by atoms with E-state index in [1.807, 2.05) is 31.2 Å². The second kappa shape index (κ2) is 8.25. The lowest BCUT2D eigenvalue weighted by atomic mass is 10.2. The van der Waals surface area contributed by atoms with E-state index >= 15 is 0 Å². The molecule has 0 bridgehead atoms. The van der Waals surface area contributed by atoms with Crippen LogP contribution in [-0.2, 0) is 0 Å². The third-order valence-electron chi connectivity index (χ3n) is 3.84. The molecule has 1 fully saturated rings. The van der Waals surface area contributed by atoms with Crippen LogP contribution in [0.4, 0.5) is 10.5 Å². The number of aliphatic hydroxyl groups is 1. The molecule has 2 rings (SSSR count). The Morgan fingerprint density at radius 1 is 1.45 bits per heavy atom. The van der Waals surface area contributed by atoms with E-state index in [4.69, 9.17) is 11.6 Å². The number of nitrogens with one attached hydrogen (secondary N) is 2. The molecule has 1 aliphatic heterocycles. The summed E-state index contributed by atoms with van der Waals surface area (Å²) in [5.74, 6) is 0. The lowest BCUT2D eigenvalue weighted by Gasteiger charge is -2.19. The van der Waals surface area contributed by atoms with Crippen molar-refractivity contribution < 1.29 is 9.90 Å². The summed E-state index contributed by atoms with van der Waals surface area (Å²) in [5.41, 5.74) is 1.12. The average Bonchev–Trinajstić information content (AvgIpc) is 2.95. The molecule has 1 aromatic rings. The quantitative estimate of drug-likeness (QED) is 0.752. The molecule has 1 aliphatic rings. The topological polar surface area (TPSA) is 64.6 Å². The van der Waals surface area contributed by atoms with Crippen LogP contribution in [0.5, 0.6) is 0 Å². The molecule has 3 N–H and O–H groups in total. The first-order valence-electron chi connectivity index (χ1n) is 7.81. The highest BCUT2D eigenvalue weighted by molar-refractivity contribution is 6.30. The summed E-state index contributed by atoms with van der Waals surface area (Å²) in [6.45, 7) is 4.00. The van der Waals surface area contributed by atoms with Crippen LogP contribution in [0.1, 0.15) is 26.2 Å². The third-order valence-corrected chi connectivity index (χ3v) is 4.09. The van der Waals surface area contributed by atoms with Crippen molar-refractivity contribution >= 4 is 23.3 Å². The van der Waals surface area contributed by atoms with E-state index in [-0.39, 0.29) is 12.1 Å². The molecule has 1 aromatic carbocycles. The monoisotopic (exact) mass is 325 g/mol. The van der Waals surface area contributed by atoms with Crippen molar-refractivity contribution in [1.29, 1.82) is 0 Å². The molecule has 0 aliphatic carbocycles. The first kappa shape index (κ1) is 16.9. The van der Waals surface area contributed by atoms with E-state index in [1.165, 1.54) is 0 Å². The van der Waals surface area contributed by atoms with Crippen LogP contribution in [0.15, 0.2) is 24.3 Å². The largest absolute Gasteiger partial charge is 0.391 e. The van der Waals surface area contributed by atoms with Crippen molar-refractivity contribution in [2.75, 3.05) is 24.5 Å². The number of rotatable bonds is 6. The Morgan fingerprint density at radius 2 is 2.18 bits per heavy atom. The number of anilines is 1. The summed E-state index contributed by atoms with van der Waals surface area (Å²) in [6, 6.07) is 7.65. The van der Waals surface area contributed by atoms with Crippen molar-refractivity contribution in [3.63, 3.8) is 0 Å². The minimum atomic E-state index is -0.468. The van der Waals surface area contributed by atoms with E-state index < -0.39 is 6.10 Å². The van der Waals surface area contributed by atoms with Crippen LogP contribution in [0.2, 0.25) is 5.02 Å². The van der Waals surface area contributed by atoms with Crippen molar-refractivity contribution in [3.05, 3.63) is 29.3 Å². The van der Waals surface area contributed by atoms with Gasteiger partial charge in [0, 0.05) is 36.4 Å². The van der Waals surface area contributed by atoms with E-state index in [1.54, 1.807) is 0 Å². The van der Waals surface area contributed by atoms with Gasteiger partial charge in [-0.25, -0.2) is 4.79 Å². The van der Waals surface area contributed by atoms with Crippen LogP contribution in [0, 0.1) is 0 Å². The Hall–Kier alpha value is -1.46. The summed E-state index contributed by atoms with van der Waals surface area (Å²) < 4.78 is 0. The maximum atomic E-state index is 11.8. The van der Waals surface area contributed by atoms with E-state index in [0.29, 0.717) is 13.0 Å². The maximum Gasteiger partial charge on any atom is 0.315 e. The van der Waals surface area contributed by atoms with Gasteiger partial charge in [0.1, 0.15) is 0 Å². The Kier molecular flexibility index (Phi) is 6.34. The van der Waals surface area contributed by atoms with Crippen molar-refractivity contribution in [1.82, 2.24) is 10.6 Å². The Labute approximate surface area is 136 Å². The number of amides is 2. The predicted molar refractivity (Wildman–Crippen MR) is 89.5 cm³/mol. The Balaban J connectivity index is 1.74. The zero-order valence-corrected chi connectivity index (χ0v) is 13.6. The molecule has 0 radical (unpaired) electrons. The SMILES string of the molecule is CCCC(O)CNC(=O)NC1CCN(c2ccc(Cl)cc2)C1. The van der Waals surface area contributed by atoms with Crippen LogP contribution in [0.3, 0.4) is 0 Å². The normalized spacial score (nSPS) is 19.0. The molecule has 0 aromatic heterocycles. The van der Waals surface area contributed by atoms with Gasteiger partial charge in [0.05, 0.1) is 6.10 Å². The Bertz CT molecular complexity index is 481. The van der Waals surface area contributed by atoms with Gasteiger partial charge in [-0.1, -0.05) is 24.9 Å². The number of benzene rings is 1. The second-order valence-corrected chi connectivity index (χ2v) is 6.14. The second-order valence-electron chi connectivity index (χ2n) is 5.70. The van der Waals surface area contributed by atoms with Gasteiger partial charge in [-0.3, -0.25) is 0 Å². The summed E-state index contributed by atoms with van der Waals surface area (Å²) in [4.78, 5) is 14.1. The Morgan fingerprint density at radius 3 is 2.86 bits per heavy atom. The smallest absolute Gasteiger partial charge is 0.315 e. The standard InChI is InChI=1S/C16H24ClN3O2/c1-2-3-15(21)10-18-16(22)19-13-8-9-20(11-13)14-6-4-12(17)5-7-14/h4-7,13,15,21H,2-3,8-11H2,1H3,(H2,18,19,22). The van der Waals surface area contributed by atoms with Crippen molar-refractivity contribution in [2.45, 2.75) is 38.3 Å². The highest BCUT2D eigenvalue weighted by Crippen LogP contribution is 2.22. The minimum Gasteiger partial charge on any atom is -0.391 e. The highest BCUT2D eigenvalue weighted by atomic mass is 35.5. The minimum absolute atomic E-state index is 0.124. The van der Waals surface area contributed by atoms with Gasteiger partial charge in [0.15, 0.2) is 0 Å². The van der Waals surface area contributed by atoms with Gasteiger partial charge < -0.3 is 20.6 Å². The lowest BCUT2D eigenvalue weighted by molar-refractivity contribution is 0.160. The summed E-state index contributed by atoms with van der Waals surface area (Å²) in [7, 11) is 0. The first-order valence-corrected chi connectivity index (χ1v) is 8.19. The summed E-state index contributed by atoms with van der Waals surface area (Å²) >= 11 is 5.89. The zero-order chi connectivity index (χ0) is 15.9. The van der Waals surface area contributed by atoms with Gasteiger partial charge in [-0.15, -0.1) is 0 Å². The molecule has 2 amide bonds. The van der Waals surface area contributed by atoms with E-state index in [2.05, 4.69) is 15.5 Å². The average molecular weight is 326 g/mol. The molecule has 6 heteroatoms. The van der Waals surface area contributed by atoms with Crippen LogP contribution >= 0.6 is 11.6 Å². The third kappa shape index (κ3) is 5.07. The molecular formula is C16H24ClN3O2. The molecule has 2 atom stereocenters. The molecule has 122 valence electrons. The molecular weight excluding hydrogens is 302 g/mol. The fourth-order valence-corrected chi connectivity index (χ4v) is 2.77. The molecule has 2 unspecified atom stereocenters. The maximum absolute atomic E-state index is 11.8.